The van der Waals surface area contributed by atoms with Gasteiger partial charge >= 0.3 is 0 Å². The Hall–Kier alpha value is -1.59. The van der Waals surface area contributed by atoms with Crippen molar-refractivity contribution in [2.45, 2.75) is 25.4 Å². The van der Waals surface area contributed by atoms with Crippen LogP contribution in [0, 0.1) is 0 Å². The first kappa shape index (κ1) is 23.4. The Morgan fingerprint density at radius 2 is 1.44 bits per heavy atom. The Labute approximate surface area is 174 Å². The molecule has 3 rings (SSSR count). The van der Waals surface area contributed by atoms with E-state index in [2.05, 4.69) is 29.2 Å². The maximum Gasteiger partial charge on any atom is 0.239 e. The summed E-state index contributed by atoms with van der Waals surface area (Å²) in [6, 6.07) is 20.1. The predicted octanol–water partition coefficient (Wildman–Crippen LogP) is 3.13. The first-order valence-electron chi connectivity index (χ1n) is 9.07. The molecule has 148 valence electrons. The largest absolute Gasteiger partial charge is 0.340 e. The van der Waals surface area contributed by atoms with Gasteiger partial charge in [0, 0.05) is 32.7 Å². The van der Waals surface area contributed by atoms with Crippen LogP contribution in [0.3, 0.4) is 0 Å². The molecular formula is C21H29Cl2N3O. The summed E-state index contributed by atoms with van der Waals surface area (Å²) in [6.45, 7) is 4.42. The van der Waals surface area contributed by atoms with Crippen LogP contribution in [0.15, 0.2) is 60.7 Å². The first-order valence-corrected chi connectivity index (χ1v) is 9.07. The fraction of sp³-hybridized carbons (Fsp3) is 0.381. The number of nitrogens with two attached hydrogens (primary N) is 1. The van der Waals surface area contributed by atoms with E-state index in [1.54, 1.807) is 0 Å². The molecule has 27 heavy (non-hydrogen) atoms. The third-order valence-corrected chi connectivity index (χ3v) is 4.76. The third kappa shape index (κ3) is 7.15. The fourth-order valence-electron chi connectivity index (χ4n) is 3.38. The molecule has 1 aliphatic heterocycles. The number of carbonyl (C=O) groups excluding carboxylic acids is 1. The molecule has 1 heterocycles. The van der Waals surface area contributed by atoms with Crippen molar-refractivity contribution in [3.8, 4) is 0 Å². The van der Waals surface area contributed by atoms with Crippen LogP contribution in [0.25, 0.3) is 0 Å². The van der Waals surface area contributed by atoms with Crippen LogP contribution in [-0.2, 0) is 17.8 Å². The molecule has 0 radical (unpaired) electrons. The molecule has 1 saturated heterocycles. The van der Waals surface area contributed by atoms with Crippen molar-refractivity contribution in [1.29, 1.82) is 0 Å². The number of amides is 1. The highest BCUT2D eigenvalue weighted by Gasteiger charge is 2.23. The summed E-state index contributed by atoms with van der Waals surface area (Å²) in [4.78, 5) is 17.1. The van der Waals surface area contributed by atoms with E-state index in [1.807, 2.05) is 41.3 Å². The number of halogens is 2. The molecule has 0 bridgehead atoms. The van der Waals surface area contributed by atoms with E-state index in [0.717, 1.165) is 44.7 Å². The topological polar surface area (TPSA) is 49.6 Å². The van der Waals surface area contributed by atoms with Crippen molar-refractivity contribution < 1.29 is 4.79 Å². The summed E-state index contributed by atoms with van der Waals surface area (Å²) in [5.74, 6) is 0.0745. The van der Waals surface area contributed by atoms with Gasteiger partial charge in [-0.3, -0.25) is 9.69 Å². The summed E-state index contributed by atoms with van der Waals surface area (Å²) >= 11 is 0. The van der Waals surface area contributed by atoms with Gasteiger partial charge in [-0.05, 0) is 24.0 Å². The summed E-state index contributed by atoms with van der Waals surface area (Å²) in [5, 5.41) is 0. The van der Waals surface area contributed by atoms with Crippen molar-refractivity contribution in [1.82, 2.24) is 9.80 Å². The molecule has 1 atom stereocenters. The summed E-state index contributed by atoms with van der Waals surface area (Å²) in [6.07, 6.45) is 1.60. The van der Waals surface area contributed by atoms with E-state index in [4.69, 9.17) is 5.73 Å². The number of benzene rings is 2. The van der Waals surface area contributed by atoms with E-state index in [-0.39, 0.29) is 30.7 Å². The van der Waals surface area contributed by atoms with Crippen molar-refractivity contribution in [2.75, 3.05) is 26.2 Å². The number of rotatable bonds is 5. The number of hydrogen-bond acceptors (Lipinski definition) is 3. The van der Waals surface area contributed by atoms with Gasteiger partial charge in [-0.1, -0.05) is 60.7 Å². The average Bonchev–Trinajstić information content (AvgIpc) is 2.88. The van der Waals surface area contributed by atoms with Crippen LogP contribution in [-0.4, -0.2) is 47.9 Å². The first-order chi connectivity index (χ1) is 12.2. The molecule has 2 N–H and O–H groups in total. The Morgan fingerprint density at radius 1 is 0.852 bits per heavy atom. The number of nitrogens with zero attached hydrogens (tertiary/aromatic N) is 2. The zero-order chi connectivity index (χ0) is 17.5. The van der Waals surface area contributed by atoms with E-state index < -0.39 is 6.04 Å². The van der Waals surface area contributed by atoms with Gasteiger partial charge in [0.1, 0.15) is 0 Å². The quantitative estimate of drug-likeness (QED) is 0.824. The molecule has 0 spiro atoms. The lowest BCUT2D eigenvalue weighted by molar-refractivity contribution is -0.132. The standard InChI is InChI=1S/C21H27N3O.2ClH/c22-20(16-18-8-3-1-4-9-18)21(25)24-13-7-12-23(14-15-24)17-19-10-5-2-6-11-19;;/h1-6,8-11,20H,7,12-17,22H2;2*1H. The third-order valence-electron chi connectivity index (χ3n) is 4.76. The molecule has 6 heteroatoms. The van der Waals surface area contributed by atoms with Crippen molar-refractivity contribution in [2.24, 2.45) is 5.73 Å². The molecule has 1 aliphatic rings. The molecular weight excluding hydrogens is 381 g/mol. The SMILES string of the molecule is Cl.Cl.NC(Cc1ccccc1)C(=O)N1CCCN(Cc2ccccc2)CC1. The van der Waals surface area contributed by atoms with Crippen molar-refractivity contribution in [3.05, 3.63) is 71.8 Å². The number of hydrogen-bond donors (Lipinski definition) is 1. The van der Waals surface area contributed by atoms with Crippen LogP contribution in [0.5, 0.6) is 0 Å². The zero-order valence-electron chi connectivity index (χ0n) is 15.5. The van der Waals surface area contributed by atoms with Crippen LogP contribution >= 0.6 is 24.8 Å². The maximum atomic E-state index is 12.7. The predicted molar refractivity (Wildman–Crippen MR) is 116 cm³/mol. The molecule has 2 aromatic rings. The van der Waals surface area contributed by atoms with Gasteiger partial charge in [-0.15, -0.1) is 24.8 Å². The van der Waals surface area contributed by atoms with Gasteiger partial charge in [0.2, 0.25) is 5.91 Å². The minimum atomic E-state index is -0.455. The second kappa shape index (κ2) is 12.0. The molecule has 1 fully saturated rings. The highest BCUT2D eigenvalue weighted by atomic mass is 35.5. The normalized spacial score (nSPS) is 15.8. The van der Waals surface area contributed by atoms with Gasteiger partial charge in [-0.2, -0.15) is 0 Å². The van der Waals surface area contributed by atoms with Gasteiger partial charge in [0.15, 0.2) is 0 Å². The van der Waals surface area contributed by atoms with E-state index in [1.165, 1.54) is 5.56 Å². The second-order valence-electron chi connectivity index (χ2n) is 6.74. The monoisotopic (exact) mass is 409 g/mol. The molecule has 1 amide bonds. The smallest absolute Gasteiger partial charge is 0.239 e. The molecule has 0 saturated carbocycles. The van der Waals surface area contributed by atoms with Crippen LogP contribution in [0.4, 0.5) is 0 Å². The Bertz CT molecular complexity index is 670. The lowest BCUT2D eigenvalue weighted by Gasteiger charge is -2.25. The zero-order valence-corrected chi connectivity index (χ0v) is 17.1. The minimum absolute atomic E-state index is 0. The lowest BCUT2D eigenvalue weighted by Crippen LogP contribution is -2.46. The van der Waals surface area contributed by atoms with Crippen LogP contribution < -0.4 is 5.73 Å². The maximum absolute atomic E-state index is 12.7. The molecule has 0 aromatic heterocycles. The molecule has 2 aromatic carbocycles. The molecule has 4 nitrogen and oxygen atoms in total. The van der Waals surface area contributed by atoms with Crippen molar-refractivity contribution >= 4 is 30.7 Å². The Balaban J connectivity index is 0.00000182. The van der Waals surface area contributed by atoms with Gasteiger partial charge in [-0.25, -0.2) is 0 Å². The molecule has 0 aliphatic carbocycles. The Morgan fingerprint density at radius 3 is 2.07 bits per heavy atom. The summed E-state index contributed by atoms with van der Waals surface area (Å²) in [7, 11) is 0. The number of carbonyl (C=O) groups is 1. The molecule has 1 unspecified atom stereocenters. The lowest BCUT2D eigenvalue weighted by atomic mass is 10.1. The second-order valence-corrected chi connectivity index (χ2v) is 6.74. The van der Waals surface area contributed by atoms with Gasteiger partial charge < -0.3 is 10.6 Å². The van der Waals surface area contributed by atoms with Gasteiger partial charge in [0.05, 0.1) is 6.04 Å². The van der Waals surface area contributed by atoms with E-state index >= 15 is 0 Å². The Kier molecular flexibility index (Phi) is 10.4. The summed E-state index contributed by atoms with van der Waals surface area (Å²) in [5.41, 5.74) is 8.62. The van der Waals surface area contributed by atoms with E-state index in [9.17, 15) is 4.79 Å². The minimum Gasteiger partial charge on any atom is -0.340 e. The fourth-order valence-corrected chi connectivity index (χ4v) is 3.38. The highest BCUT2D eigenvalue weighted by molar-refractivity contribution is 5.85. The van der Waals surface area contributed by atoms with Crippen LogP contribution in [0.2, 0.25) is 0 Å². The van der Waals surface area contributed by atoms with Crippen molar-refractivity contribution in [3.63, 3.8) is 0 Å². The van der Waals surface area contributed by atoms with Crippen LogP contribution in [0.1, 0.15) is 17.5 Å². The summed E-state index contributed by atoms with van der Waals surface area (Å²) < 4.78 is 0. The van der Waals surface area contributed by atoms with E-state index in [0.29, 0.717) is 6.42 Å². The average molecular weight is 410 g/mol. The van der Waals surface area contributed by atoms with Gasteiger partial charge in [0.25, 0.3) is 0 Å². The highest BCUT2D eigenvalue weighted by Crippen LogP contribution is 2.11.